The lowest BCUT2D eigenvalue weighted by molar-refractivity contribution is 0.436. The molecule has 0 unspecified atom stereocenters. The van der Waals surface area contributed by atoms with Crippen LogP contribution >= 0.6 is 11.3 Å². The van der Waals surface area contributed by atoms with Gasteiger partial charge >= 0.3 is 0 Å². The molecule has 1 aliphatic carbocycles. The molecule has 62 heavy (non-hydrogen) atoms. The molecule has 1 spiro atoms. The molecule has 11 aromatic rings. The molecule has 2 aliphatic rings. The van der Waals surface area contributed by atoms with E-state index in [1.807, 2.05) is 11.3 Å². The highest BCUT2D eigenvalue weighted by molar-refractivity contribution is 7.25. The topological polar surface area (TPSA) is 12.5 Å². The van der Waals surface area contributed by atoms with Gasteiger partial charge in [-0.2, -0.15) is 0 Å². The fourth-order valence-corrected chi connectivity index (χ4v) is 11.5. The number of hydrogen-bond donors (Lipinski definition) is 0. The van der Waals surface area contributed by atoms with Gasteiger partial charge in [-0.1, -0.05) is 158 Å². The van der Waals surface area contributed by atoms with Gasteiger partial charge in [0.25, 0.3) is 0 Å². The van der Waals surface area contributed by atoms with Crippen LogP contribution in [0.25, 0.3) is 64.3 Å². The summed E-state index contributed by atoms with van der Waals surface area (Å²) < 4.78 is 9.23. The minimum absolute atomic E-state index is 0.520. The summed E-state index contributed by atoms with van der Waals surface area (Å²) in [6.07, 6.45) is 0. The molecule has 1 aliphatic heterocycles. The lowest BCUT2D eigenvalue weighted by atomic mass is 9.66. The third kappa shape index (κ3) is 5.16. The first-order valence-corrected chi connectivity index (χ1v) is 22.1. The quantitative estimate of drug-likeness (QED) is 0.172. The maximum absolute atomic E-state index is 6.63. The highest BCUT2D eigenvalue weighted by atomic mass is 32.1. The molecule has 13 rings (SSSR count). The maximum Gasteiger partial charge on any atom is 0.132 e. The van der Waals surface area contributed by atoms with Crippen molar-refractivity contribution in [3.63, 3.8) is 0 Å². The molecule has 0 amide bonds. The second-order valence-electron chi connectivity index (χ2n) is 16.4. The predicted molar refractivity (Wildman–Crippen MR) is 260 cm³/mol. The van der Waals surface area contributed by atoms with Crippen LogP contribution in [0.4, 0.5) is 17.1 Å². The summed E-state index contributed by atoms with van der Waals surface area (Å²) in [5, 5.41) is 5.08. The summed E-state index contributed by atoms with van der Waals surface area (Å²) >= 11 is 1.85. The van der Waals surface area contributed by atoms with Crippen LogP contribution in [0.15, 0.2) is 224 Å². The van der Waals surface area contributed by atoms with E-state index in [9.17, 15) is 0 Å². The number of nitrogens with zero attached hydrogens (tertiary/aromatic N) is 1. The monoisotopic (exact) mass is 807 g/mol. The molecular formula is C59H37NOS. The van der Waals surface area contributed by atoms with Gasteiger partial charge in [0.1, 0.15) is 11.5 Å². The van der Waals surface area contributed by atoms with Gasteiger partial charge in [0.05, 0.1) is 5.41 Å². The highest BCUT2D eigenvalue weighted by Gasteiger charge is 2.51. The highest BCUT2D eigenvalue weighted by Crippen LogP contribution is 2.63. The normalized spacial score (nSPS) is 13.1. The molecule has 2 heterocycles. The van der Waals surface area contributed by atoms with Crippen molar-refractivity contribution in [2.45, 2.75) is 5.41 Å². The zero-order valence-corrected chi connectivity index (χ0v) is 34.4. The first-order valence-electron chi connectivity index (χ1n) is 21.2. The van der Waals surface area contributed by atoms with Crippen molar-refractivity contribution in [1.29, 1.82) is 0 Å². The Labute approximate surface area is 364 Å². The van der Waals surface area contributed by atoms with Crippen molar-refractivity contribution < 1.29 is 4.74 Å². The molecule has 0 fully saturated rings. The number of para-hydroxylation sites is 2. The summed E-state index contributed by atoms with van der Waals surface area (Å²) in [7, 11) is 0. The number of fused-ring (bicyclic) bond motifs is 14. The van der Waals surface area contributed by atoms with Crippen molar-refractivity contribution in [2.75, 3.05) is 4.90 Å². The lowest BCUT2D eigenvalue weighted by Crippen LogP contribution is -2.32. The Hall–Kier alpha value is -7.72. The first-order chi connectivity index (χ1) is 30.7. The van der Waals surface area contributed by atoms with Crippen LogP contribution in [0.1, 0.15) is 22.3 Å². The first kappa shape index (κ1) is 35.1. The molecule has 0 bridgehead atoms. The second kappa shape index (κ2) is 13.7. The number of rotatable bonds is 5. The average molecular weight is 808 g/mol. The van der Waals surface area contributed by atoms with Crippen molar-refractivity contribution in [2.24, 2.45) is 0 Å². The number of hydrogen-bond acceptors (Lipinski definition) is 3. The molecule has 10 aromatic carbocycles. The lowest BCUT2D eigenvalue weighted by Gasteiger charge is -2.39. The Morgan fingerprint density at radius 2 is 0.903 bits per heavy atom. The summed E-state index contributed by atoms with van der Waals surface area (Å²) in [5.74, 6) is 1.81. The second-order valence-corrected chi connectivity index (χ2v) is 17.5. The van der Waals surface area contributed by atoms with E-state index in [0.29, 0.717) is 0 Å². The Bertz CT molecular complexity index is 3500. The van der Waals surface area contributed by atoms with Crippen LogP contribution < -0.4 is 9.64 Å². The average Bonchev–Trinajstić information content (AvgIpc) is 3.86. The summed E-state index contributed by atoms with van der Waals surface area (Å²) in [4.78, 5) is 2.39. The van der Waals surface area contributed by atoms with Crippen LogP contribution in [0.5, 0.6) is 11.5 Å². The van der Waals surface area contributed by atoms with Gasteiger partial charge < -0.3 is 9.64 Å². The van der Waals surface area contributed by atoms with E-state index >= 15 is 0 Å². The van der Waals surface area contributed by atoms with Gasteiger partial charge in [0.15, 0.2) is 0 Å². The minimum atomic E-state index is -0.520. The molecule has 0 saturated heterocycles. The van der Waals surface area contributed by atoms with E-state index in [0.717, 1.165) is 28.6 Å². The summed E-state index contributed by atoms with van der Waals surface area (Å²) in [6.45, 7) is 0. The maximum atomic E-state index is 6.63. The molecule has 3 heteroatoms. The molecule has 0 atom stereocenters. The fraction of sp³-hybridized carbons (Fsp3) is 0.0169. The number of benzene rings is 10. The van der Waals surface area contributed by atoms with Crippen molar-refractivity contribution in [3.05, 3.63) is 247 Å². The molecule has 1 aromatic heterocycles. The van der Waals surface area contributed by atoms with Crippen molar-refractivity contribution in [3.8, 4) is 44.9 Å². The Kier molecular flexibility index (Phi) is 7.72. The van der Waals surface area contributed by atoms with Crippen LogP contribution in [-0.4, -0.2) is 0 Å². The predicted octanol–water partition coefficient (Wildman–Crippen LogP) is 16.5. The Morgan fingerprint density at radius 3 is 1.65 bits per heavy atom. The van der Waals surface area contributed by atoms with Gasteiger partial charge in [0, 0.05) is 48.4 Å². The SMILES string of the molecule is c1ccc(-c2ccc(N(c3ccc(-c4ccc5c(c4)-c4c(ccc6ccccc46)C54c5ccccc5Oc5ccccc54)cc3)c3ccc4sc5ccccc5c4c3)cc2)cc1. The van der Waals surface area contributed by atoms with E-state index in [-0.39, 0.29) is 0 Å². The largest absolute Gasteiger partial charge is 0.457 e. The van der Waals surface area contributed by atoms with Crippen LogP contribution in [0, 0.1) is 0 Å². The Morgan fingerprint density at radius 1 is 0.355 bits per heavy atom. The summed E-state index contributed by atoms with van der Waals surface area (Å²) in [5.41, 5.74) is 15.1. The molecule has 290 valence electrons. The standard InChI is InChI=1S/C59H37NOS/c1-2-12-38(13-3-1)39-22-28-43(29-23-39)60(45-32-35-57-48(37-45)47-16-6-11-21-56(47)62-57)44-30-24-40(25-31-44)42-27-33-50-49(36-42)58-46-15-5-4-14-41(46)26-34-53(58)59(50)51-17-7-9-19-54(51)61-55-20-10-8-18-52(55)59/h1-37H. The van der Waals surface area contributed by atoms with Crippen LogP contribution in [-0.2, 0) is 5.41 Å². The third-order valence-corrected chi connectivity index (χ3v) is 14.3. The van der Waals surface area contributed by atoms with Gasteiger partial charge in [-0.05, 0) is 122 Å². The molecule has 0 N–H and O–H groups in total. The minimum Gasteiger partial charge on any atom is -0.457 e. The third-order valence-electron chi connectivity index (χ3n) is 13.1. The molecule has 0 saturated carbocycles. The van der Waals surface area contributed by atoms with Crippen molar-refractivity contribution >= 4 is 59.3 Å². The fourth-order valence-electron chi connectivity index (χ4n) is 10.4. The van der Waals surface area contributed by atoms with Crippen molar-refractivity contribution in [1.82, 2.24) is 0 Å². The molecular weight excluding hydrogens is 771 g/mol. The van der Waals surface area contributed by atoms with E-state index in [4.69, 9.17) is 4.74 Å². The number of thiophene rings is 1. The summed E-state index contributed by atoms with van der Waals surface area (Å²) in [6, 6.07) is 82.1. The zero-order chi connectivity index (χ0) is 40.8. The van der Waals surface area contributed by atoms with Crippen LogP contribution in [0.2, 0.25) is 0 Å². The number of ether oxygens (including phenoxy) is 1. The van der Waals surface area contributed by atoms with Gasteiger partial charge in [-0.25, -0.2) is 0 Å². The molecule has 0 radical (unpaired) electrons. The van der Waals surface area contributed by atoms with Gasteiger partial charge in [-0.15, -0.1) is 11.3 Å². The van der Waals surface area contributed by atoms with Crippen LogP contribution in [0.3, 0.4) is 0 Å². The zero-order valence-electron chi connectivity index (χ0n) is 33.6. The van der Waals surface area contributed by atoms with E-state index < -0.39 is 5.41 Å². The number of anilines is 3. The van der Waals surface area contributed by atoms with E-state index in [1.54, 1.807) is 0 Å². The molecule has 2 nitrogen and oxygen atoms in total. The van der Waals surface area contributed by atoms with Gasteiger partial charge in [0.2, 0.25) is 0 Å². The Balaban J connectivity index is 0.962. The smallest absolute Gasteiger partial charge is 0.132 e. The van der Waals surface area contributed by atoms with E-state index in [1.165, 1.54) is 86.6 Å². The van der Waals surface area contributed by atoms with E-state index in [2.05, 4.69) is 229 Å². The van der Waals surface area contributed by atoms with Gasteiger partial charge in [-0.3, -0.25) is 0 Å².